The zero-order chi connectivity index (χ0) is 18.3. The van der Waals surface area contributed by atoms with Gasteiger partial charge >= 0.3 is 0 Å². The predicted molar refractivity (Wildman–Crippen MR) is 106 cm³/mol. The number of nitrogens with one attached hydrogen (secondary N) is 1. The van der Waals surface area contributed by atoms with E-state index in [2.05, 4.69) is 22.4 Å². The van der Waals surface area contributed by atoms with Gasteiger partial charge in [0.15, 0.2) is 11.0 Å². The van der Waals surface area contributed by atoms with Crippen LogP contribution in [-0.4, -0.2) is 32.0 Å². The van der Waals surface area contributed by atoms with E-state index in [0.717, 1.165) is 27.7 Å². The second-order valence-electron chi connectivity index (χ2n) is 7.74. The second-order valence-corrected chi connectivity index (χ2v) is 9.99. The number of thioether (sulfide) groups is 1. The first-order chi connectivity index (χ1) is 12.5. The summed E-state index contributed by atoms with van der Waals surface area (Å²) in [5.41, 5.74) is 0. The summed E-state index contributed by atoms with van der Waals surface area (Å²) in [7, 11) is 1.96. The molecule has 2 bridgehead atoms. The maximum atomic E-state index is 12.7. The lowest BCUT2D eigenvalue weighted by atomic mass is 9.84. The second kappa shape index (κ2) is 7.35. The third-order valence-electron chi connectivity index (χ3n) is 6.03. The highest BCUT2D eigenvalue weighted by atomic mass is 32.2. The Morgan fingerprint density at radius 3 is 2.85 bits per heavy atom. The molecular weight excluding hydrogens is 364 g/mol. The topological polar surface area (TPSA) is 59.8 Å². The van der Waals surface area contributed by atoms with E-state index in [1.165, 1.54) is 37.4 Å². The first kappa shape index (κ1) is 18.0. The van der Waals surface area contributed by atoms with Gasteiger partial charge in [-0.2, -0.15) is 0 Å². The lowest BCUT2D eigenvalue weighted by Gasteiger charge is -2.29. The van der Waals surface area contributed by atoms with Gasteiger partial charge in [-0.15, -0.1) is 21.5 Å². The van der Waals surface area contributed by atoms with Gasteiger partial charge in [-0.05, 0) is 62.3 Å². The summed E-state index contributed by atoms with van der Waals surface area (Å²) in [5, 5.41) is 14.5. The molecule has 0 saturated heterocycles. The Labute approximate surface area is 163 Å². The fourth-order valence-electron chi connectivity index (χ4n) is 4.60. The quantitative estimate of drug-likeness (QED) is 0.758. The van der Waals surface area contributed by atoms with Gasteiger partial charge in [0.25, 0.3) is 0 Å². The van der Waals surface area contributed by atoms with Gasteiger partial charge in [-0.25, -0.2) is 0 Å². The van der Waals surface area contributed by atoms with Crippen LogP contribution >= 0.6 is 23.1 Å². The van der Waals surface area contributed by atoms with E-state index in [1.807, 2.05) is 36.1 Å². The molecule has 2 saturated carbocycles. The minimum Gasteiger partial charge on any atom is -0.352 e. The van der Waals surface area contributed by atoms with Crippen LogP contribution in [-0.2, 0) is 11.8 Å². The Balaban J connectivity index is 1.36. The molecule has 140 valence electrons. The molecule has 2 aliphatic rings. The molecule has 5 unspecified atom stereocenters. The normalized spacial score (nSPS) is 26.8. The third kappa shape index (κ3) is 3.43. The van der Waals surface area contributed by atoms with Crippen LogP contribution in [0.3, 0.4) is 0 Å². The lowest BCUT2D eigenvalue weighted by molar-refractivity contribution is -0.121. The van der Waals surface area contributed by atoms with Crippen LogP contribution in [0, 0.1) is 17.8 Å². The van der Waals surface area contributed by atoms with Crippen LogP contribution in [0.2, 0.25) is 0 Å². The van der Waals surface area contributed by atoms with Crippen molar-refractivity contribution in [3.63, 3.8) is 0 Å². The molecule has 2 aliphatic carbocycles. The molecule has 2 aromatic rings. The van der Waals surface area contributed by atoms with E-state index < -0.39 is 0 Å². The molecule has 0 spiro atoms. The van der Waals surface area contributed by atoms with E-state index in [-0.39, 0.29) is 17.2 Å². The molecule has 2 aromatic heterocycles. The fourth-order valence-corrected chi connectivity index (χ4v) is 6.17. The van der Waals surface area contributed by atoms with Gasteiger partial charge in [0.1, 0.15) is 0 Å². The van der Waals surface area contributed by atoms with E-state index in [9.17, 15) is 4.79 Å². The zero-order valence-electron chi connectivity index (χ0n) is 15.5. The van der Waals surface area contributed by atoms with Crippen molar-refractivity contribution in [3.05, 3.63) is 17.5 Å². The monoisotopic (exact) mass is 390 g/mol. The SMILES string of the molecule is CC(Sc1nnc(-c2cccs2)n1C)C(=O)NC(C)C1CC2CCC1C2. The van der Waals surface area contributed by atoms with Crippen LogP contribution in [0.25, 0.3) is 10.7 Å². The number of hydrogen-bond acceptors (Lipinski definition) is 5. The zero-order valence-corrected chi connectivity index (χ0v) is 17.1. The van der Waals surface area contributed by atoms with Crippen LogP contribution in [0.4, 0.5) is 0 Å². The summed E-state index contributed by atoms with van der Waals surface area (Å²) in [4.78, 5) is 13.8. The fraction of sp³-hybridized carbons (Fsp3) is 0.632. The summed E-state index contributed by atoms with van der Waals surface area (Å²) in [5.74, 6) is 3.35. The highest BCUT2D eigenvalue weighted by molar-refractivity contribution is 8.00. The Bertz CT molecular complexity index is 773. The summed E-state index contributed by atoms with van der Waals surface area (Å²) >= 11 is 3.12. The number of amides is 1. The maximum Gasteiger partial charge on any atom is 0.233 e. The molecule has 4 rings (SSSR count). The molecule has 1 amide bonds. The van der Waals surface area contributed by atoms with Gasteiger partial charge in [0, 0.05) is 13.1 Å². The molecule has 2 fully saturated rings. The van der Waals surface area contributed by atoms with Crippen molar-refractivity contribution >= 4 is 29.0 Å². The minimum atomic E-state index is -0.185. The Kier molecular flexibility index (Phi) is 5.10. The Morgan fingerprint density at radius 1 is 1.35 bits per heavy atom. The number of fused-ring (bicyclic) bond motifs is 2. The highest BCUT2D eigenvalue weighted by Gasteiger charge is 2.42. The molecule has 2 heterocycles. The predicted octanol–water partition coefficient (Wildman–Crippen LogP) is 3.97. The van der Waals surface area contributed by atoms with Gasteiger partial charge in [0.05, 0.1) is 10.1 Å². The number of hydrogen-bond donors (Lipinski definition) is 1. The van der Waals surface area contributed by atoms with Crippen LogP contribution in [0.1, 0.15) is 39.5 Å². The number of thiophene rings is 1. The van der Waals surface area contributed by atoms with E-state index >= 15 is 0 Å². The van der Waals surface area contributed by atoms with E-state index in [1.54, 1.807) is 11.3 Å². The van der Waals surface area contributed by atoms with Crippen molar-refractivity contribution in [1.29, 1.82) is 0 Å². The highest BCUT2D eigenvalue weighted by Crippen LogP contribution is 2.49. The molecule has 0 aliphatic heterocycles. The van der Waals surface area contributed by atoms with Crippen molar-refractivity contribution in [2.24, 2.45) is 24.8 Å². The van der Waals surface area contributed by atoms with Crippen LogP contribution < -0.4 is 5.32 Å². The van der Waals surface area contributed by atoms with Crippen molar-refractivity contribution in [1.82, 2.24) is 20.1 Å². The number of carbonyl (C=O) groups excluding carboxylic acids is 1. The molecule has 5 atom stereocenters. The van der Waals surface area contributed by atoms with Crippen molar-refractivity contribution in [2.75, 3.05) is 0 Å². The molecule has 5 nitrogen and oxygen atoms in total. The van der Waals surface area contributed by atoms with Crippen molar-refractivity contribution < 1.29 is 4.79 Å². The molecule has 7 heteroatoms. The molecule has 0 radical (unpaired) electrons. The average Bonchev–Trinajstić information content (AvgIpc) is 3.40. The summed E-state index contributed by atoms with van der Waals surface area (Å²) < 4.78 is 1.97. The summed E-state index contributed by atoms with van der Waals surface area (Å²) in [6, 6.07) is 4.31. The van der Waals surface area contributed by atoms with Gasteiger partial charge in [0.2, 0.25) is 5.91 Å². The van der Waals surface area contributed by atoms with E-state index in [4.69, 9.17) is 0 Å². The Hall–Kier alpha value is -1.34. The minimum absolute atomic E-state index is 0.103. The van der Waals surface area contributed by atoms with Gasteiger partial charge < -0.3 is 9.88 Å². The first-order valence-electron chi connectivity index (χ1n) is 9.43. The summed E-state index contributed by atoms with van der Waals surface area (Å²) in [6.45, 7) is 4.13. The van der Waals surface area contributed by atoms with Crippen molar-refractivity contribution in [3.8, 4) is 10.7 Å². The van der Waals surface area contributed by atoms with Crippen LogP contribution in [0.5, 0.6) is 0 Å². The molecule has 0 aromatic carbocycles. The number of carbonyl (C=O) groups is 1. The first-order valence-corrected chi connectivity index (χ1v) is 11.2. The molecular formula is C19H26N4OS2. The van der Waals surface area contributed by atoms with E-state index in [0.29, 0.717) is 5.92 Å². The van der Waals surface area contributed by atoms with Gasteiger partial charge in [-0.3, -0.25) is 4.79 Å². The van der Waals surface area contributed by atoms with Crippen LogP contribution in [0.15, 0.2) is 22.7 Å². The lowest BCUT2D eigenvalue weighted by Crippen LogP contribution is -2.43. The summed E-state index contributed by atoms with van der Waals surface area (Å²) in [6.07, 6.45) is 5.41. The molecule has 1 N–H and O–H groups in total. The number of nitrogens with zero attached hydrogens (tertiary/aromatic N) is 3. The number of rotatable bonds is 6. The average molecular weight is 391 g/mol. The van der Waals surface area contributed by atoms with Gasteiger partial charge in [-0.1, -0.05) is 24.2 Å². The maximum absolute atomic E-state index is 12.7. The molecule has 26 heavy (non-hydrogen) atoms. The largest absolute Gasteiger partial charge is 0.352 e. The Morgan fingerprint density at radius 2 is 2.19 bits per heavy atom. The third-order valence-corrected chi connectivity index (χ3v) is 8.03. The standard InChI is InChI=1S/C19H26N4OS2/c1-11(15-10-13-6-7-14(15)9-13)20-18(24)12(2)26-19-22-21-17(23(19)3)16-5-4-8-25-16/h4-5,8,11-15H,6-7,9-10H2,1-3H3,(H,20,24). The number of aromatic nitrogens is 3. The smallest absolute Gasteiger partial charge is 0.233 e. The van der Waals surface area contributed by atoms with Crippen molar-refractivity contribution in [2.45, 2.75) is 56.0 Å².